The van der Waals surface area contributed by atoms with Gasteiger partial charge >= 0.3 is 5.97 Å². The molecule has 1 saturated heterocycles. The van der Waals surface area contributed by atoms with E-state index in [1.54, 1.807) is 19.1 Å². The van der Waals surface area contributed by atoms with Gasteiger partial charge in [0.1, 0.15) is 6.10 Å². The maximum atomic E-state index is 12.1. The summed E-state index contributed by atoms with van der Waals surface area (Å²) in [4.78, 5) is 20.5. The van der Waals surface area contributed by atoms with Gasteiger partial charge in [0, 0.05) is 32.1 Å². The zero-order valence-electron chi connectivity index (χ0n) is 37.4. The van der Waals surface area contributed by atoms with Crippen molar-refractivity contribution in [2.24, 2.45) is 5.92 Å². The van der Waals surface area contributed by atoms with E-state index in [1.807, 2.05) is 93.7 Å². The van der Waals surface area contributed by atoms with E-state index in [2.05, 4.69) is 0 Å². The maximum absolute atomic E-state index is 12.1. The van der Waals surface area contributed by atoms with Crippen LogP contribution in [0, 0.1) is 5.92 Å². The number of carbonyl (C=O) groups is 2. The minimum Gasteiger partial charge on any atom is -0.483 e. The molecule has 12 atom stereocenters. The molecule has 0 spiro atoms. The molecule has 0 saturated carbocycles. The van der Waals surface area contributed by atoms with Crippen LogP contribution in [0.1, 0.15) is 111 Å². The third kappa shape index (κ3) is 31.2. The van der Waals surface area contributed by atoms with Crippen LogP contribution in [-0.4, -0.2) is 148 Å². The molecule has 2 aliphatic heterocycles. The molecule has 0 amide bonds. The number of esters is 1. The zero-order chi connectivity index (χ0) is 47.6. The molecule has 1 fully saturated rings. The number of hydrogen-bond donors (Lipinski definition) is 11. The molecule has 0 radical (unpaired) electrons. The molecular weight excluding hydrogens is 821 g/mol. The highest BCUT2D eigenvalue weighted by molar-refractivity contribution is 5.69. The highest BCUT2D eigenvalue weighted by Crippen LogP contribution is 2.27. The second kappa shape index (κ2) is 35.9. The van der Waals surface area contributed by atoms with Gasteiger partial charge in [0.15, 0.2) is 12.1 Å². The van der Waals surface area contributed by atoms with E-state index in [4.69, 9.17) is 24.1 Å². The summed E-state index contributed by atoms with van der Waals surface area (Å²) in [5.41, 5.74) is 0. The summed E-state index contributed by atoms with van der Waals surface area (Å²) in [7, 11) is 0. The van der Waals surface area contributed by atoms with Crippen molar-refractivity contribution >= 4 is 12.4 Å². The van der Waals surface area contributed by atoms with E-state index in [0.29, 0.717) is 25.7 Å². The van der Waals surface area contributed by atoms with Crippen molar-refractivity contribution in [2.45, 2.75) is 184 Å². The first kappa shape index (κ1) is 59.6. The van der Waals surface area contributed by atoms with Crippen LogP contribution in [-0.2, 0) is 23.8 Å². The lowest BCUT2D eigenvalue weighted by atomic mass is 9.91. The van der Waals surface area contributed by atoms with Crippen molar-refractivity contribution in [3.05, 3.63) is 85.1 Å². The molecule has 0 aliphatic carbocycles. The molecular formula is C47H78O16. The van der Waals surface area contributed by atoms with Crippen LogP contribution in [0.2, 0.25) is 0 Å². The minimum absolute atomic E-state index is 0.00221. The van der Waals surface area contributed by atoms with Gasteiger partial charge in [-0.1, -0.05) is 106 Å². The lowest BCUT2D eigenvalue weighted by Crippen LogP contribution is -2.48. The fraction of sp³-hybridized carbons (Fsp3) is 0.660. The van der Waals surface area contributed by atoms with Crippen molar-refractivity contribution in [1.82, 2.24) is 0 Å². The minimum atomic E-state index is -2.25. The van der Waals surface area contributed by atoms with E-state index in [-0.39, 0.29) is 70.4 Å². The Hall–Kier alpha value is -3.36. The highest BCUT2D eigenvalue weighted by atomic mass is 16.7. The fourth-order valence-corrected chi connectivity index (χ4v) is 6.41. The Morgan fingerprint density at radius 3 is 1.81 bits per heavy atom. The number of cyclic esters (lactones) is 1. The summed E-state index contributed by atoms with van der Waals surface area (Å²) < 4.78 is 17.0. The normalized spacial score (nSPS) is 36.8. The summed E-state index contributed by atoms with van der Waals surface area (Å²) in [6.45, 7) is 7.37. The number of carbonyl (C=O) groups excluding carboxylic acids is 1. The summed E-state index contributed by atoms with van der Waals surface area (Å²) in [5.74, 6) is -2.93. The Morgan fingerprint density at radius 2 is 1.21 bits per heavy atom. The molecule has 0 aromatic carbocycles. The van der Waals surface area contributed by atoms with E-state index >= 15 is 0 Å². The third-order valence-electron chi connectivity index (χ3n) is 10.0. The number of aliphatic hydroxyl groups is 10. The third-order valence-corrected chi connectivity index (χ3v) is 10.0. The summed E-state index contributed by atoms with van der Waals surface area (Å²) in [6, 6.07) is 0. The lowest BCUT2D eigenvalue weighted by Gasteiger charge is -2.37. The topological polar surface area (TPSA) is 284 Å². The molecule has 4 unspecified atom stereocenters. The SMILES string of the molecule is CC.CC1OC(O[C@H]2/C=C/C=C/C=C/C=C/C=C/C=C/C=C/C[C@@H](O)CCOC(=O)C[C@H](O)C[C@H](O)CC[C@@H](O)[C@H](O)C[C@H](O)CC(O)(O)CC[C@@H](C)CC2)C(O)CC1O.O=CO. The number of allylic oxidation sites excluding steroid dienone is 12. The second-order valence-electron chi connectivity index (χ2n) is 15.8. The molecule has 2 aliphatic rings. The number of aliphatic hydroxyl groups excluding tert-OH is 8. The predicted octanol–water partition coefficient (Wildman–Crippen LogP) is 3.57. The molecule has 63 heavy (non-hydrogen) atoms. The number of carboxylic acid groups (broad SMARTS) is 1. The Balaban J connectivity index is 0.00000735. The molecule has 2 rings (SSSR count). The molecule has 0 aromatic heterocycles. The molecule has 16 nitrogen and oxygen atoms in total. The molecule has 362 valence electrons. The smallest absolute Gasteiger partial charge is 0.308 e. The monoisotopic (exact) mass is 899 g/mol. The summed E-state index contributed by atoms with van der Waals surface area (Å²) in [6.07, 6.45) is 15.6. The van der Waals surface area contributed by atoms with Crippen molar-refractivity contribution in [3.63, 3.8) is 0 Å². The van der Waals surface area contributed by atoms with E-state index in [1.165, 1.54) is 0 Å². The molecule has 0 bridgehead atoms. The molecule has 11 N–H and O–H groups in total. The highest BCUT2D eigenvalue weighted by Gasteiger charge is 2.36. The number of rotatable bonds is 2. The van der Waals surface area contributed by atoms with Crippen LogP contribution >= 0.6 is 0 Å². The molecule has 16 heteroatoms. The van der Waals surface area contributed by atoms with Crippen molar-refractivity contribution in [2.75, 3.05) is 6.61 Å². The van der Waals surface area contributed by atoms with Gasteiger partial charge in [-0.05, 0) is 57.8 Å². The van der Waals surface area contributed by atoms with Gasteiger partial charge in [-0.15, -0.1) is 0 Å². The van der Waals surface area contributed by atoms with E-state index in [9.17, 15) is 55.9 Å². The maximum Gasteiger partial charge on any atom is 0.308 e. The first-order valence-corrected chi connectivity index (χ1v) is 22.1. The lowest BCUT2D eigenvalue weighted by molar-refractivity contribution is -0.270. The van der Waals surface area contributed by atoms with Gasteiger partial charge in [0.05, 0.1) is 68.0 Å². The van der Waals surface area contributed by atoms with Crippen LogP contribution in [0.4, 0.5) is 0 Å². The predicted molar refractivity (Wildman–Crippen MR) is 239 cm³/mol. The summed E-state index contributed by atoms with van der Waals surface area (Å²) >= 11 is 0. The zero-order valence-corrected chi connectivity index (χ0v) is 37.4. The quantitative estimate of drug-likeness (QED) is 0.107. The largest absolute Gasteiger partial charge is 0.483 e. The van der Waals surface area contributed by atoms with E-state index < -0.39 is 85.5 Å². The number of hydrogen-bond acceptors (Lipinski definition) is 15. The van der Waals surface area contributed by atoms with E-state index in [0.717, 1.165) is 0 Å². The van der Waals surface area contributed by atoms with Crippen LogP contribution in [0.15, 0.2) is 85.1 Å². The Morgan fingerprint density at radius 1 is 0.635 bits per heavy atom. The fourth-order valence-electron chi connectivity index (χ4n) is 6.41. The van der Waals surface area contributed by atoms with Gasteiger partial charge in [-0.2, -0.15) is 0 Å². The van der Waals surface area contributed by atoms with Gasteiger partial charge in [0.2, 0.25) is 0 Å². The van der Waals surface area contributed by atoms with Gasteiger partial charge in [0.25, 0.3) is 6.47 Å². The summed E-state index contributed by atoms with van der Waals surface area (Å²) in [5, 5.41) is 111. The van der Waals surface area contributed by atoms with Gasteiger partial charge in [-0.3, -0.25) is 9.59 Å². The Labute approximate surface area is 373 Å². The van der Waals surface area contributed by atoms with Gasteiger partial charge < -0.3 is 70.4 Å². The average Bonchev–Trinajstić information content (AvgIpc) is 3.21. The van der Waals surface area contributed by atoms with Gasteiger partial charge in [-0.25, -0.2) is 0 Å². The average molecular weight is 899 g/mol. The number of ether oxygens (including phenoxy) is 3. The van der Waals surface area contributed by atoms with Crippen LogP contribution < -0.4 is 0 Å². The van der Waals surface area contributed by atoms with Crippen molar-refractivity contribution in [1.29, 1.82) is 0 Å². The van der Waals surface area contributed by atoms with Crippen LogP contribution in [0.25, 0.3) is 0 Å². The molecule has 0 aromatic rings. The first-order chi connectivity index (χ1) is 30.0. The Bertz CT molecular complexity index is 1390. The molecule has 2 heterocycles. The van der Waals surface area contributed by atoms with Crippen LogP contribution in [0.5, 0.6) is 0 Å². The second-order valence-corrected chi connectivity index (χ2v) is 15.8. The standard InChI is InChI=1S/C44H70O14.C2H6.CH2O2/c1-31-18-20-37(58-43-41(52)29-39(50)32(2)57-43)17-15-13-11-9-7-5-3-4-6-8-10-12-14-16-33(45)23-25-56-42(53)28-35(47)26-34(46)19-21-38(49)40(51)27-36(48)30-44(54,55)24-22-31;1-2;2-1-3/h3-15,17,31-41,43,45-52,54-55H,16,18-30H2,1-2H3;1-2H3;1H,(H,2,3)/b5-3+,6-4+,9-7+,10-8+,13-11+,14-12+,17-15+;;/t31-,32?,33+,34+,35+,36-,37-,38+,39?,40+,41?,43?;;/m0../s1. The van der Waals surface area contributed by atoms with Crippen molar-refractivity contribution < 1.29 is 80.0 Å². The van der Waals surface area contributed by atoms with Crippen LogP contribution in [0.3, 0.4) is 0 Å². The first-order valence-electron chi connectivity index (χ1n) is 22.1. The Kier molecular flexibility index (Phi) is 34.0. The van der Waals surface area contributed by atoms with Crippen molar-refractivity contribution in [3.8, 4) is 0 Å².